The summed E-state index contributed by atoms with van der Waals surface area (Å²) in [5, 5.41) is 12.8. The predicted molar refractivity (Wildman–Crippen MR) is 115 cm³/mol. The normalized spacial score (nSPS) is 14.7. The van der Waals surface area contributed by atoms with E-state index in [-0.39, 0.29) is 12.6 Å². The minimum absolute atomic E-state index is 0.0183. The number of aliphatic hydroxyl groups excluding tert-OH is 1. The fourth-order valence-electron chi connectivity index (χ4n) is 2.14. The van der Waals surface area contributed by atoms with Gasteiger partial charge in [-0.25, -0.2) is 0 Å². The molecule has 0 spiro atoms. The maximum atomic E-state index is 9.33. The smallest absolute Gasteiger partial charge is 0.0535 e. The molecule has 0 aliphatic heterocycles. The second-order valence-corrected chi connectivity index (χ2v) is 4.71. The van der Waals surface area contributed by atoms with E-state index in [9.17, 15) is 5.11 Å². The molecule has 2 heteroatoms. The van der Waals surface area contributed by atoms with Gasteiger partial charge in [-0.3, -0.25) is 0 Å². The lowest BCUT2D eigenvalue weighted by Crippen LogP contribution is -2.31. The summed E-state index contributed by atoms with van der Waals surface area (Å²) in [5.74, 6) is 0. The summed E-state index contributed by atoms with van der Waals surface area (Å²) in [5.41, 5.74) is 3.16. The largest absolute Gasteiger partial charge is 0.396 e. The molecule has 1 unspecified atom stereocenters. The lowest BCUT2D eigenvalue weighted by Gasteiger charge is -2.23. The van der Waals surface area contributed by atoms with E-state index in [1.807, 2.05) is 77.2 Å². The van der Waals surface area contributed by atoms with Crippen LogP contribution in [0, 0.1) is 0 Å². The van der Waals surface area contributed by atoms with Crippen LogP contribution < -0.4 is 5.32 Å². The van der Waals surface area contributed by atoms with E-state index >= 15 is 0 Å². The van der Waals surface area contributed by atoms with Crippen LogP contribution in [0.3, 0.4) is 0 Å². The van der Waals surface area contributed by atoms with Gasteiger partial charge in [0, 0.05) is 12.3 Å². The Hall–Kier alpha value is -2.06. The number of hydrogen-bond acceptors (Lipinski definition) is 2. The van der Waals surface area contributed by atoms with Gasteiger partial charge < -0.3 is 10.4 Å². The summed E-state index contributed by atoms with van der Waals surface area (Å²) in [6.45, 7) is 17.8. The van der Waals surface area contributed by atoms with Crippen LogP contribution in [0.5, 0.6) is 0 Å². The highest BCUT2D eigenvalue weighted by molar-refractivity contribution is 5.43. The Kier molecular flexibility index (Phi) is 18.4. The third-order valence-electron chi connectivity index (χ3n) is 3.27. The summed E-state index contributed by atoms with van der Waals surface area (Å²) in [7, 11) is 0. The molecule has 0 saturated carbocycles. The van der Waals surface area contributed by atoms with Crippen molar-refractivity contribution < 1.29 is 5.11 Å². The lowest BCUT2D eigenvalue weighted by atomic mass is 10.0. The molecule has 1 aliphatic rings. The van der Waals surface area contributed by atoms with E-state index < -0.39 is 0 Å². The van der Waals surface area contributed by atoms with Gasteiger partial charge in [0.2, 0.25) is 0 Å². The van der Waals surface area contributed by atoms with Crippen LogP contribution in [0.15, 0.2) is 84.7 Å². The lowest BCUT2D eigenvalue weighted by molar-refractivity contribution is 0.276. The average molecular weight is 344 g/mol. The summed E-state index contributed by atoms with van der Waals surface area (Å²) < 4.78 is 0. The van der Waals surface area contributed by atoms with Crippen LogP contribution >= 0.6 is 0 Å². The maximum absolute atomic E-state index is 9.33. The second kappa shape index (κ2) is 18.3. The van der Waals surface area contributed by atoms with Gasteiger partial charge in [0.05, 0.1) is 6.04 Å². The van der Waals surface area contributed by atoms with Gasteiger partial charge >= 0.3 is 0 Å². The molecular weight excluding hydrogens is 306 g/mol. The van der Waals surface area contributed by atoms with Crippen molar-refractivity contribution in [2.45, 2.75) is 53.5 Å². The van der Waals surface area contributed by atoms with Crippen molar-refractivity contribution in [3.8, 4) is 0 Å². The Morgan fingerprint density at radius 1 is 1.28 bits per heavy atom. The van der Waals surface area contributed by atoms with Crippen LogP contribution in [-0.4, -0.2) is 17.8 Å². The average Bonchev–Trinajstić information content (AvgIpc) is 2.90. The number of nitrogens with one attached hydrogen (secondary N) is 1. The van der Waals surface area contributed by atoms with Crippen molar-refractivity contribution >= 4 is 0 Å². The Bertz CT molecular complexity index is 504. The maximum Gasteiger partial charge on any atom is 0.0535 e. The molecule has 25 heavy (non-hydrogen) atoms. The fraction of sp³-hybridized carbons (Fsp3) is 0.391. The molecule has 1 atom stereocenters. The Balaban J connectivity index is 0. The van der Waals surface area contributed by atoms with E-state index in [0.717, 1.165) is 23.3 Å². The number of aliphatic hydroxyl groups is 1. The van der Waals surface area contributed by atoms with Crippen molar-refractivity contribution in [3.05, 3.63) is 84.7 Å². The first-order valence-electron chi connectivity index (χ1n) is 9.29. The van der Waals surface area contributed by atoms with Gasteiger partial charge in [-0.2, -0.15) is 0 Å². The molecule has 0 radical (unpaired) electrons. The molecule has 0 heterocycles. The molecule has 1 aliphatic carbocycles. The topological polar surface area (TPSA) is 32.3 Å². The van der Waals surface area contributed by atoms with Gasteiger partial charge in [-0.05, 0) is 37.0 Å². The number of allylic oxidation sites excluding steroid dienone is 8. The molecule has 0 fully saturated rings. The first-order chi connectivity index (χ1) is 12.3. The third kappa shape index (κ3) is 10.4. The summed E-state index contributed by atoms with van der Waals surface area (Å²) in [4.78, 5) is 0. The van der Waals surface area contributed by atoms with Gasteiger partial charge in [-0.15, -0.1) is 0 Å². The highest BCUT2D eigenvalue weighted by Gasteiger charge is 2.14. The van der Waals surface area contributed by atoms with E-state index in [0.29, 0.717) is 6.42 Å². The highest BCUT2D eigenvalue weighted by Crippen LogP contribution is 2.17. The molecule has 0 aromatic carbocycles. The van der Waals surface area contributed by atoms with Gasteiger partial charge in [0.1, 0.15) is 0 Å². The van der Waals surface area contributed by atoms with Crippen molar-refractivity contribution in [1.82, 2.24) is 5.32 Å². The third-order valence-corrected chi connectivity index (χ3v) is 3.27. The van der Waals surface area contributed by atoms with Gasteiger partial charge in [-0.1, -0.05) is 89.5 Å². The molecule has 0 amide bonds. The predicted octanol–water partition coefficient (Wildman–Crippen LogP) is 6.02. The number of rotatable bonds is 8. The molecule has 0 aromatic heterocycles. The van der Waals surface area contributed by atoms with Crippen LogP contribution in [0.4, 0.5) is 0 Å². The molecule has 0 saturated heterocycles. The Labute approximate surface area is 155 Å². The van der Waals surface area contributed by atoms with Crippen molar-refractivity contribution in [2.24, 2.45) is 0 Å². The minimum Gasteiger partial charge on any atom is -0.396 e. The quantitative estimate of drug-likeness (QED) is 0.528. The van der Waals surface area contributed by atoms with Crippen LogP contribution in [-0.2, 0) is 0 Å². The van der Waals surface area contributed by atoms with Gasteiger partial charge in [0.25, 0.3) is 0 Å². The molecule has 2 N–H and O–H groups in total. The number of hydrogen-bond donors (Lipinski definition) is 2. The van der Waals surface area contributed by atoms with E-state index in [1.165, 1.54) is 0 Å². The van der Waals surface area contributed by atoms with Crippen LogP contribution in [0.2, 0.25) is 0 Å². The van der Waals surface area contributed by atoms with Crippen molar-refractivity contribution in [2.75, 3.05) is 6.61 Å². The fourth-order valence-corrected chi connectivity index (χ4v) is 2.14. The summed E-state index contributed by atoms with van der Waals surface area (Å²) >= 11 is 0. The van der Waals surface area contributed by atoms with E-state index in [2.05, 4.69) is 30.6 Å². The molecule has 0 aromatic rings. The molecule has 1 rings (SSSR count). The highest BCUT2D eigenvalue weighted by atomic mass is 16.3. The van der Waals surface area contributed by atoms with Crippen molar-refractivity contribution in [1.29, 1.82) is 0 Å². The Morgan fingerprint density at radius 3 is 2.48 bits per heavy atom. The first-order valence-corrected chi connectivity index (χ1v) is 9.29. The van der Waals surface area contributed by atoms with E-state index in [1.54, 1.807) is 0 Å². The minimum atomic E-state index is 0.0183. The zero-order chi connectivity index (χ0) is 19.5. The molecule has 140 valence electrons. The zero-order valence-corrected chi connectivity index (χ0v) is 16.8. The van der Waals surface area contributed by atoms with Crippen molar-refractivity contribution in [3.63, 3.8) is 0 Å². The monoisotopic (exact) mass is 343 g/mol. The zero-order valence-electron chi connectivity index (χ0n) is 16.8. The molecule has 0 bridgehead atoms. The first kappa shape index (κ1) is 25.2. The van der Waals surface area contributed by atoms with Crippen LogP contribution in [0.1, 0.15) is 47.5 Å². The SMILES string of the molecule is C=CC1=CCC=CC=C1NC(CCO)/C(C=C)=C/C=C\C.CC.CC. The summed E-state index contributed by atoms with van der Waals surface area (Å²) in [6, 6.07) is 0.0183. The summed E-state index contributed by atoms with van der Waals surface area (Å²) in [6.07, 6.45) is 19.5. The standard InChI is InChI=1S/C19H25NO.2C2H6/c1-4-7-11-16(5-2)19(14-15-21)20-18-13-10-8-9-12-17(18)6-3;2*1-2/h4-8,10-13,19-21H,2-3,9,14-15H2,1H3;2*1-2H3/b7-4-,16-11+;;. The van der Waals surface area contributed by atoms with Gasteiger partial charge in [0.15, 0.2) is 0 Å². The Morgan fingerprint density at radius 2 is 1.96 bits per heavy atom. The molecule has 2 nitrogen and oxygen atoms in total. The molecular formula is C23H37NO. The van der Waals surface area contributed by atoms with E-state index in [4.69, 9.17) is 0 Å². The second-order valence-electron chi connectivity index (χ2n) is 4.71. The van der Waals surface area contributed by atoms with Crippen LogP contribution in [0.25, 0.3) is 0 Å².